The zero-order valence-corrected chi connectivity index (χ0v) is 28.3. The van der Waals surface area contributed by atoms with Crippen LogP contribution < -0.4 is 5.32 Å². The fourth-order valence-electron chi connectivity index (χ4n) is 5.94. The van der Waals surface area contributed by atoms with Crippen LogP contribution in [0.2, 0.25) is 10.0 Å². The smallest absolute Gasteiger partial charge is 0.329 e. The zero-order chi connectivity index (χ0) is 34.0. The molecule has 2 aliphatic rings. The number of carbonyl (C=O) groups excluding carboxylic acids is 3. The molecule has 3 aromatic carbocycles. The number of rotatable bonds is 9. The molecule has 1 N–H and O–H groups in total. The molecule has 248 valence electrons. The number of ether oxygens (including phenoxy) is 1. The molecule has 0 fully saturated rings. The van der Waals surface area contributed by atoms with E-state index in [0.29, 0.717) is 47.2 Å². The van der Waals surface area contributed by atoms with Crippen LogP contribution in [0.5, 0.6) is 0 Å². The summed E-state index contributed by atoms with van der Waals surface area (Å²) in [5, 5.41) is 3.11. The van der Waals surface area contributed by atoms with E-state index in [9.17, 15) is 22.8 Å². The van der Waals surface area contributed by atoms with Gasteiger partial charge in [-0.2, -0.15) is 0 Å². The highest BCUT2D eigenvalue weighted by molar-refractivity contribution is 7.91. The molecule has 4 aromatic rings. The van der Waals surface area contributed by atoms with Crippen molar-refractivity contribution in [1.29, 1.82) is 0 Å². The number of carbonyl (C=O) groups is 3. The number of nitrogens with zero attached hydrogens (tertiary/aromatic N) is 1. The van der Waals surface area contributed by atoms with Crippen LogP contribution >= 0.6 is 23.2 Å². The van der Waals surface area contributed by atoms with Crippen molar-refractivity contribution in [2.75, 3.05) is 12.8 Å². The fourth-order valence-corrected chi connectivity index (χ4v) is 7.59. The Labute approximate surface area is 288 Å². The minimum Gasteiger partial charge on any atom is -0.464 e. The third kappa shape index (κ3) is 7.36. The molecule has 0 radical (unpaired) electrons. The van der Waals surface area contributed by atoms with Gasteiger partial charge in [0.05, 0.1) is 27.1 Å². The van der Waals surface area contributed by atoms with Gasteiger partial charge in [0.15, 0.2) is 9.84 Å². The van der Waals surface area contributed by atoms with Gasteiger partial charge in [0.1, 0.15) is 18.2 Å². The number of furan rings is 1. The first-order chi connectivity index (χ1) is 23.0. The van der Waals surface area contributed by atoms with E-state index in [0.717, 1.165) is 17.2 Å². The van der Waals surface area contributed by atoms with Crippen LogP contribution in [0.25, 0.3) is 11.0 Å². The van der Waals surface area contributed by atoms with Crippen molar-refractivity contribution < 1.29 is 32.0 Å². The van der Waals surface area contributed by atoms with Gasteiger partial charge in [0, 0.05) is 36.7 Å². The van der Waals surface area contributed by atoms with E-state index in [1.54, 1.807) is 47.6 Å². The fraction of sp³-hybridized carbons (Fsp3) is 0.250. The lowest BCUT2D eigenvalue weighted by Crippen LogP contribution is -2.42. The Morgan fingerprint density at radius 2 is 1.88 bits per heavy atom. The second kappa shape index (κ2) is 14.0. The summed E-state index contributed by atoms with van der Waals surface area (Å²) in [5.41, 5.74) is 3.84. The second-order valence-electron chi connectivity index (χ2n) is 11.9. The van der Waals surface area contributed by atoms with Gasteiger partial charge in [-0.3, -0.25) is 9.59 Å². The Hall–Kier alpha value is -4.38. The molecule has 2 atom stereocenters. The third-order valence-electron chi connectivity index (χ3n) is 8.53. The molecule has 1 aliphatic heterocycles. The van der Waals surface area contributed by atoms with E-state index in [1.807, 2.05) is 42.5 Å². The Balaban J connectivity index is 1.22. The van der Waals surface area contributed by atoms with E-state index in [2.05, 4.69) is 5.32 Å². The Morgan fingerprint density at radius 1 is 1.08 bits per heavy atom. The monoisotopic (exact) mass is 706 g/mol. The van der Waals surface area contributed by atoms with Crippen molar-refractivity contribution in [1.82, 2.24) is 10.2 Å². The molecule has 0 bridgehead atoms. The van der Waals surface area contributed by atoms with Crippen LogP contribution in [0.15, 0.2) is 95.1 Å². The highest BCUT2D eigenvalue weighted by Crippen LogP contribution is 2.35. The number of sulfone groups is 1. The van der Waals surface area contributed by atoms with Gasteiger partial charge in [-0.1, -0.05) is 77.8 Å². The van der Waals surface area contributed by atoms with E-state index in [-0.39, 0.29) is 41.1 Å². The lowest BCUT2D eigenvalue weighted by Gasteiger charge is -2.30. The van der Waals surface area contributed by atoms with Gasteiger partial charge in [-0.25, -0.2) is 13.2 Å². The largest absolute Gasteiger partial charge is 0.464 e. The molecule has 1 aromatic heterocycles. The van der Waals surface area contributed by atoms with Crippen molar-refractivity contribution in [3.05, 3.63) is 129 Å². The number of esters is 1. The maximum atomic E-state index is 13.8. The molecule has 48 heavy (non-hydrogen) atoms. The highest BCUT2D eigenvalue weighted by Gasteiger charge is 2.31. The molecule has 0 spiro atoms. The molecular formula is C36H32Cl2N2O7S. The summed E-state index contributed by atoms with van der Waals surface area (Å²) in [4.78, 5) is 42.2. The molecule has 0 saturated carbocycles. The lowest BCUT2D eigenvalue weighted by atomic mass is 9.95. The minimum absolute atomic E-state index is 0.00293. The van der Waals surface area contributed by atoms with Crippen LogP contribution in [0.3, 0.4) is 0 Å². The van der Waals surface area contributed by atoms with Gasteiger partial charge in [-0.05, 0) is 59.4 Å². The van der Waals surface area contributed by atoms with Gasteiger partial charge in [0.2, 0.25) is 0 Å². The molecule has 2 amide bonds. The highest BCUT2D eigenvalue weighted by atomic mass is 35.5. The Kier molecular flexibility index (Phi) is 9.78. The maximum absolute atomic E-state index is 13.8. The summed E-state index contributed by atoms with van der Waals surface area (Å²) in [6, 6.07) is 16.7. The maximum Gasteiger partial charge on any atom is 0.329 e. The zero-order valence-electron chi connectivity index (χ0n) is 25.9. The summed E-state index contributed by atoms with van der Waals surface area (Å²) in [6.45, 7) is 0.584. The van der Waals surface area contributed by atoms with Crippen molar-refractivity contribution in [3.63, 3.8) is 0 Å². The third-order valence-corrected chi connectivity index (χ3v) is 10.7. The molecule has 12 heteroatoms. The molecule has 2 heterocycles. The topological polar surface area (TPSA) is 123 Å². The quantitative estimate of drug-likeness (QED) is 0.198. The SMILES string of the molecule is CS(=O)(=O)C1C=C(C[C@H](NC(=O)c2c(Cl)cc3c(c2Cl)CCN(C(=O)c2ccc4ccoc4c2)C3)C(=O)OCc2ccccc2)C=CC1. The normalized spacial score (nSPS) is 16.6. The average molecular weight is 708 g/mol. The first kappa shape index (κ1) is 33.5. The van der Waals surface area contributed by atoms with Crippen molar-refractivity contribution in [2.24, 2.45) is 0 Å². The predicted octanol–water partition coefficient (Wildman–Crippen LogP) is 6.47. The van der Waals surface area contributed by atoms with E-state index in [4.69, 9.17) is 32.4 Å². The van der Waals surface area contributed by atoms with Gasteiger partial charge < -0.3 is 19.4 Å². The van der Waals surface area contributed by atoms with Gasteiger partial charge in [0.25, 0.3) is 11.8 Å². The minimum atomic E-state index is -3.37. The number of halogens is 2. The molecular weight excluding hydrogens is 675 g/mol. The Morgan fingerprint density at radius 3 is 2.65 bits per heavy atom. The number of benzene rings is 3. The van der Waals surface area contributed by atoms with Gasteiger partial charge in [-0.15, -0.1) is 0 Å². The van der Waals surface area contributed by atoms with Crippen LogP contribution in [0.4, 0.5) is 0 Å². The molecule has 0 saturated heterocycles. The predicted molar refractivity (Wildman–Crippen MR) is 184 cm³/mol. The summed E-state index contributed by atoms with van der Waals surface area (Å²) in [5.74, 6) is -1.55. The number of nitrogens with one attached hydrogen (secondary N) is 1. The Bertz CT molecular complexity index is 2070. The van der Waals surface area contributed by atoms with Crippen LogP contribution in [-0.4, -0.2) is 55.2 Å². The van der Waals surface area contributed by atoms with Crippen LogP contribution in [-0.2, 0) is 38.9 Å². The summed E-state index contributed by atoms with van der Waals surface area (Å²) >= 11 is 13.5. The number of hydrogen-bond donors (Lipinski definition) is 1. The number of hydrogen-bond acceptors (Lipinski definition) is 7. The second-order valence-corrected chi connectivity index (χ2v) is 15.0. The van der Waals surface area contributed by atoms with E-state index < -0.39 is 33.0 Å². The van der Waals surface area contributed by atoms with Gasteiger partial charge >= 0.3 is 5.97 Å². The summed E-state index contributed by atoms with van der Waals surface area (Å²) in [6.07, 6.45) is 8.49. The van der Waals surface area contributed by atoms with Crippen molar-refractivity contribution >= 4 is 61.8 Å². The molecule has 6 rings (SSSR count). The first-order valence-electron chi connectivity index (χ1n) is 15.3. The van der Waals surface area contributed by atoms with E-state index >= 15 is 0 Å². The van der Waals surface area contributed by atoms with E-state index in [1.165, 1.54) is 0 Å². The van der Waals surface area contributed by atoms with Crippen molar-refractivity contribution in [2.45, 2.75) is 43.7 Å². The van der Waals surface area contributed by atoms with Crippen LogP contribution in [0, 0.1) is 0 Å². The first-order valence-corrected chi connectivity index (χ1v) is 18.0. The summed E-state index contributed by atoms with van der Waals surface area (Å²) < 4.78 is 35.5. The van der Waals surface area contributed by atoms with Crippen LogP contribution in [0.1, 0.15) is 50.2 Å². The average Bonchev–Trinajstić information content (AvgIpc) is 3.55. The standard InChI is InChI=1S/C36H32Cl2N2O7S/c1-48(44,45)27-9-5-8-23(16-27)17-30(36(43)47-21-22-6-3-2-4-7-22)39-34(41)32-29(37)18-26-20-40(14-12-28(26)33(32)38)35(42)25-11-10-24-13-15-46-31(24)19-25/h2-8,10-11,13,15-16,18-19,27,30H,9,12,14,17,20-21H2,1H3,(H,39,41)/t27?,30-/m0/s1. The lowest BCUT2D eigenvalue weighted by molar-refractivity contribution is -0.147. The van der Waals surface area contributed by atoms with Crippen molar-refractivity contribution in [3.8, 4) is 0 Å². The number of allylic oxidation sites excluding steroid dienone is 2. The number of fused-ring (bicyclic) bond motifs is 2. The summed E-state index contributed by atoms with van der Waals surface area (Å²) in [7, 11) is -3.37. The molecule has 9 nitrogen and oxygen atoms in total. The molecule has 1 aliphatic carbocycles. The molecule has 1 unspecified atom stereocenters. The number of amides is 2.